The lowest BCUT2D eigenvalue weighted by Crippen LogP contribution is -2.06. The Morgan fingerprint density at radius 2 is 1.67 bits per heavy atom. The Balaban J connectivity index is 2.44. The van der Waals surface area contributed by atoms with Crippen LogP contribution in [0.3, 0.4) is 0 Å². The molecule has 1 aromatic heterocycles. The molecule has 0 unspecified atom stereocenters. The number of rotatable bonds is 1. The Morgan fingerprint density at radius 3 is 2.06 bits per heavy atom. The van der Waals surface area contributed by atoms with E-state index in [1.54, 1.807) is 13.8 Å². The number of alkyl halides is 3. The van der Waals surface area contributed by atoms with Crippen molar-refractivity contribution in [3.63, 3.8) is 0 Å². The normalized spacial score (nSPS) is 11.8. The third-order valence-corrected chi connectivity index (χ3v) is 2.79. The minimum absolute atomic E-state index is 0.551. The first-order valence-electron chi connectivity index (χ1n) is 5.30. The SMILES string of the molecule is Cc1nn(-c2ccc(C(F)(F)F)cc2)c(C)c1N. The molecule has 0 saturated heterocycles. The maximum absolute atomic E-state index is 12.4. The molecule has 0 fully saturated rings. The van der Waals surface area contributed by atoms with E-state index in [0.29, 0.717) is 22.8 Å². The summed E-state index contributed by atoms with van der Waals surface area (Å²) in [5.41, 5.74) is 7.58. The van der Waals surface area contributed by atoms with Crippen LogP contribution in [-0.4, -0.2) is 9.78 Å². The van der Waals surface area contributed by atoms with Crippen LogP contribution < -0.4 is 5.73 Å². The van der Waals surface area contributed by atoms with Crippen LogP contribution in [0.15, 0.2) is 24.3 Å². The van der Waals surface area contributed by atoms with Crippen LogP contribution in [0.4, 0.5) is 18.9 Å². The molecule has 0 atom stereocenters. The van der Waals surface area contributed by atoms with E-state index in [1.165, 1.54) is 16.8 Å². The maximum Gasteiger partial charge on any atom is 0.416 e. The number of halogens is 3. The van der Waals surface area contributed by atoms with E-state index in [2.05, 4.69) is 5.10 Å². The van der Waals surface area contributed by atoms with Gasteiger partial charge in [-0.2, -0.15) is 18.3 Å². The predicted molar refractivity (Wildman–Crippen MR) is 62.5 cm³/mol. The van der Waals surface area contributed by atoms with Crippen LogP contribution in [0.2, 0.25) is 0 Å². The Morgan fingerprint density at radius 1 is 1.11 bits per heavy atom. The van der Waals surface area contributed by atoms with Crippen LogP contribution in [0.1, 0.15) is 17.0 Å². The smallest absolute Gasteiger partial charge is 0.396 e. The van der Waals surface area contributed by atoms with Crippen molar-refractivity contribution in [2.24, 2.45) is 0 Å². The van der Waals surface area contributed by atoms with Crippen LogP contribution in [0.25, 0.3) is 5.69 Å². The summed E-state index contributed by atoms with van der Waals surface area (Å²) in [5.74, 6) is 0. The zero-order chi connectivity index (χ0) is 13.5. The Labute approximate surface area is 102 Å². The summed E-state index contributed by atoms with van der Waals surface area (Å²) in [6.45, 7) is 3.52. The average molecular weight is 255 g/mol. The first-order valence-corrected chi connectivity index (χ1v) is 5.30. The van der Waals surface area contributed by atoms with Gasteiger partial charge in [0.15, 0.2) is 0 Å². The molecule has 0 bridgehead atoms. The van der Waals surface area contributed by atoms with E-state index in [0.717, 1.165) is 12.1 Å². The van der Waals surface area contributed by atoms with Crippen molar-refractivity contribution in [1.82, 2.24) is 9.78 Å². The van der Waals surface area contributed by atoms with Gasteiger partial charge in [0.25, 0.3) is 0 Å². The number of aryl methyl sites for hydroxylation is 1. The summed E-state index contributed by atoms with van der Waals surface area (Å²) in [4.78, 5) is 0. The standard InChI is InChI=1S/C12H12F3N3/c1-7-11(16)8(2)18(17-7)10-5-3-9(4-6-10)12(13,14)15/h3-6H,16H2,1-2H3. The second-order valence-corrected chi connectivity index (χ2v) is 4.04. The second kappa shape index (κ2) is 4.04. The number of hydrogen-bond acceptors (Lipinski definition) is 2. The van der Waals surface area contributed by atoms with Crippen molar-refractivity contribution < 1.29 is 13.2 Å². The number of nitrogens with zero attached hydrogens (tertiary/aromatic N) is 2. The molecule has 0 aliphatic rings. The lowest BCUT2D eigenvalue weighted by atomic mass is 10.2. The highest BCUT2D eigenvalue weighted by atomic mass is 19.4. The third kappa shape index (κ3) is 2.05. The predicted octanol–water partition coefficient (Wildman–Crippen LogP) is 3.09. The third-order valence-electron chi connectivity index (χ3n) is 2.79. The van der Waals surface area contributed by atoms with E-state index in [9.17, 15) is 13.2 Å². The Hall–Kier alpha value is -1.98. The zero-order valence-corrected chi connectivity index (χ0v) is 9.92. The number of anilines is 1. The van der Waals surface area contributed by atoms with E-state index < -0.39 is 11.7 Å². The zero-order valence-electron chi connectivity index (χ0n) is 9.92. The monoisotopic (exact) mass is 255 g/mol. The molecule has 3 nitrogen and oxygen atoms in total. The lowest BCUT2D eigenvalue weighted by molar-refractivity contribution is -0.137. The highest BCUT2D eigenvalue weighted by Crippen LogP contribution is 2.30. The van der Waals surface area contributed by atoms with E-state index >= 15 is 0 Å². The molecule has 0 saturated carbocycles. The van der Waals surface area contributed by atoms with Crippen molar-refractivity contribution in [2.75, 3.05) is 5.73 Å². The van der Waals surface area contributed by atoms with Gasteiger partial charge in [0.05, 0.1) is 28.3 Å². The molecule has 0 aliphatic heterocycles. The summed E-state index contributed by atoms with van der Waals surface area (Å²) in [6, 6.07) is 4.81. The number of nitrogen functional groups attached to an aromatic ring is 1. The number of benzene rings is 1. The van der Waals surface area contributed by atoms with Crippen LogP contribution in [0.5, 0.6) is 0 Å². The quantitative estimate of drug-likeness (QED) is 0.851. The van der Waals surface area contributed by atoms with Crippen LogP contribution in [-0.2, 0) is 6.18 Å². The molecule has 0 spiro atoms. The van der Waals surface area contributed by atoms with E-state index in [1.807, 2.05) is 0 Å². The molecule has 2 rings (SSSR count). The van der Waals surface area contributed by atoms with Gasteiger partial charge in [0.1, 0.15) is 0 Å². The lowest BCUT2D eigenvalue weighted by Gasteiger charge is -2.08. The average Bonchev–Trinajstić information content (AvgIpc) is 2.56. The van der Waals surface area contributed by atoms with E-state index in [4.69, 9.17) is 5.73 Å². The van der Waals surface area contributed by atoms with Gasteiger partial charge in [-0.05, 0) is 38.1 Å². The van der Waals surface area contributed by atoms with Gasteiger partial charge in [0.2, 0.25) is 0 Å². The fourth-order valence-corrected chi connectivity index (χ4v) is 1.70. The van der Waals surface area contributed by atoms with Gasteiger partial charge < -0.3 is 5.73 Å². The summed E-state index contributed by atoms with van der Waals surface area (Å²) >= 11 is 0. The van der Waals surface area contributed by atoms with Crippen molar-refractivity contribution in [2.45, 2.75) is 20.0 Å². The fourth-order valence-electron chi connectivity index (χ4n) is 1.70. The van der Waals surface area contributed by atoms with Crippen LogP contribution >= 0.6 is 0 Å². The van der Waals surface area contributed by atoms with Gasteiger partial charge in [0, 0.05) is 0 Å². The molecule has 96 valence electrons. The highest BCUT2D eigenvalue weighted by Gasteiger charge is 2.30. The minimum atomic E-state index is -4.33. The molecule has 6 heteroatoms. The molecule has 2 aromatic rings. The summed E-state index contributed by atoms with van der Waals surface area (Å²) in [5, 5.41) is 4.18. The van der Waals surface area contributed by atoms with Crippen molar-refractivity contribution in [1.29, 1.82) is 0 Å². The highest BCUT2D eigenvalue weighted by molar-refractivity contribution is 5.50. The molecule has 0 aliphatic carbocycles. The summed E-state index contributed by atoms with van der Waals surface area (Å²) in [6.07, 6.45) is -4.33. The summed E-state index contributed by atoms with van der Waals surface area (Å²) in [7, 11) is 0. The molecule has 18 heavy (non-hydrogen) atoms. The molecule has 1 aromatic carbocycles. The number of nitrogens with two attached hydrogens (primary N) is 1. The number of hydrogen-bond donors (Lipinski definition) is 1. The minimum Gasteiger partial charge on any atom is -0.396 e. The molecule has 0 radical (unpaired) electrons. The van der Waals surface area contributed by atoms with Crippen molar-refractivity contribution in [3.05, 3.63) is 41.2 Å². The Kier molecular flexibility index (Phi) is 2.80. The number of aromatic nitrogens is 2. The topological polar surface area (TPSA) is 43.8 Å². The fraction of sp³-hybridized carbons (Fsp3) is 0.250. The molecular formula is C12H12F3N3. The molecule has 1 heterocycles. The van der Waals surface area contributed by atoms with Gasteiger partial charge in [-0.1, -0.05) is 0 Å². The Bertz CT molecular complexity index is 567. The summed E-state index contributed by atoms with van der Waals surface area (Å²) < 4.78 is 38.8. The molecule has 2 N–H and O–H groups in total. The van der Waals surface area contributed by atoms with Crippen LogP contribution in [0, 0.1) is 13.8 Å². The molecule has 0 amide bonds. The molecular weight excluding hydrogens is 243 g/mol. The van der Waals surface area contributed by atoms with Gasteiger partial charge in [-0.25, -0.2) is 4.68 Å². The first kappa shape index (κ1) is 12.5. The van der Waals surface area contributed by atoms with Crippen molar-refractivity contribution in [3.8, 4) is 5.69 Å². The first-order chi connectivity index (χ1) is 8.30. The van der Waals surface area contributed by atoms with Crippen molar-refractivity contribution >= 4 is 5.69 Å². The van der Waals surface area contributed by atoms with Gasteiger partial charge >= 0.3 is 6.18 Å². The maximum atomic E-state index is 12.4. The second-order valence-electron chi connectivity index (χ2n) is 4.04. The largest absolute Gasteiger partial charge is 0.416 e. The van der Waals surface area contributed by atoms with Gasteiger partial charge in [-0.3, -0.25) is 0 Å². The van der Waals surface area contributed by atoms with Gasteiger partial charge in [-0.15, -0.1) is 0 Å². The van der Waals surface area contributed by atoms with E-state index in [-0.39, 0.29) is 0 Å².